The van der Waals surface area contributed by atoms with Gasteiger partial charge < -0.3 is 5.32 Å². The molecule has 0 bridgehead atoms. The SMILES string of the molecule is Fc1ccc(C(CNC2CC2)Cc2ccc(I)cc2)cc1. The molecule has 1 atom stereocenters. The van der Waals surface area contributed by atoms with Crippen LogP contribution in [0.3, 0.4) is 0 Å². The topological polar surface area (TPSA) is 12.0 Å². The summed E-state index contributed by atoms with van der Waals surface area (Å²) in [5, 5.41) is 3.61. The van der Waals surface area contributed by atoms with Gasteiger partial charge in [0.15, 0.2) is 0 Å². The minimum atomic E-state index is -0.165. The maximum Gasteiger partial charge on any atom is 0.123 e. The first-order valence-corrected chi connectivity index (χ1v) is 8.52. The first kappa shape index (κ1) is 15.0. The Balaban J connectivity index is 1.73. The van der Waals surface area contributed by atoms with Crippen LogP contribution in [0.2, 0.25) is 0 Å². The number of halogens is 2. The molecule has 21 heavy (non-hydrogen) atoms. The summed E-state index contributed by atoms with van der Waals surface area (Å²) < 4.78 is 14.4. The van der Waals surface area contributed by atoms with Crippen LogP contribution in [0, 0.1) is 9.39 Å². The summed E-state index contributed by atoms with van der Waals surface area (Å²) in [4.78, 5) is 0. The average molecular weight is 395 g/mol. The van der Waals surface area contributed by atoms with E-state index in [1.54, 1.807) is 12.1 Å². The highest BCUT2D eigenvalue weighted by Gasteiger charge is 2.22. The highest BCUT2D eigenvalue weighted by Crippen LogP contribution is 2.24. The van der Waals surface area contributed by atoms with Gasteiger partial charge >= 0.3 is 0 Å². The average Bonchev–Trinajstić information content (AvgIpc) is 3.31. The molecule has 1 N–H and O–H groups in total. The van der Waals surface area contributed by atoms with Crippen molar-refractivity contribution in [2.45, 2.75) is 31.2 Å². The van der Waals surface area contributed by atoms with Gasteiger partial charge in [0.25, 0.3) is 0 Å². The Morgan fingerprint density at radius 3 is 2.33 bits per heavy atom. The van der Waals surface area contributed by atoms with E-state index in [2.05, 4.69) is 52.2 Å². The van der Waals surface area contributed by atoms with Crippen molar-refractivity contribution >= 4 is 22.6 Å². The molecular formula is C18H19FIN. The Labute approximate surface area is 139 Å². The smallest absolute Gasteiger partial charge is 0.123 e. The molecule has 0 heterocycles. The van der Waals surface area contributed by atoms with Gasteiger partial charge in [-0.1, -0.05) is 24.3 Å². The molecule has 1 fully saturated rings. The third kappa shape index (κ3) is 4.51. The fourth-order valence-corrected chi connectivity index (χ4v) is 2.90. The third-order valence-electron chi connectivity index (χ3n) is 3.97. The standard InChI is InChI=1S/C18H19FIN/c19-16-5-3-14(4-6-16)15(12-21-18-9-10-18)11-13-1-7-17(20)8-2-13/h1-8,15,18,21H,9-12H2. The number of hydrogen-bond acceptors (Lipinski definition) is 1. The van der Waals surface area contributed by atoms with Crippen LogP contribution in [0.25, 0.3) is 0 Å². The van der Waals surface area contributed by atoms with Crippen LogP contribution in [0.5, 0.6) is 0 Å². The summed E-state index contributed by atoms with van der Waals surface area (Å²) in [7, 11) is 0. The van der Waals surface area contributed by atoms with Crippen molar-refractivity contribution in [2.75, 3.05) is 6.54 Å². The summed E-state index contributed by atoms with van der Waals surface area (Å²) >= 11 is 2.32. The fraction of sp³-hybridized carbons (Fsp3) is 0.333. The van der Waals surface area contributed by atoms with Gasteiger partial charge in [0.1, 0.15) is 5.82 Å². The van der Waals surface area contributed by atoms with Gasteiger partial charge in [0.2, 0.25) is 0 Å². The van der Waals surface area contributed by atoms with Crippen LogP contribution < -0.4 is 5.32 Å². The first-order chi connectivity index (χ1) is 10.2. The van der Waals surface area contributed by atoms with E-state index in [1.165, 1.54) is 27.5 Å². The van der Waals surface area contributed by atoms with Crippen LogP contribution in [0.1, 0.15) is 29.9 Å². The van der Waals surface area contributed by atoms with Crippen LogP contribution >= 0.6 is 22.6 Å². The second-order valence-corrected chi connectivity index (χ2v) is 7.01. The first-order valence-electron chi connectivity index (χ1n) is 7.44. The third-order valence-corrected chi connectivity index (χ3v) is 4.69. The monoisotopic (exact) mass is 395 g/mol. The van der Waals surface area contributed by atoms with Crippen molar-refractivity contribution < 1.29 is 4.39 Å². The number of nitrogens with one attached hydrogen (secondary N) is 1. The van der Waals surface area contributed by atoms with Gasteiger partial charge in [0.05, 0.1) is 0 Å². The molecule has 1 unspecified atom stereocenters. The largest absolute Gasteiger partial charge is 0.313 e. The van der Waals surface area contributed by atoms with Crippen molar-refractivity contribution in [1.82, 2.24) is 5.32 Å². The van der Waals surface area contributed by atoms with Gasteiger partial charge in [-0.05, 0) is 77.2 Å². The van der Waals surface area contributed by atoms with Crippen molar-refractivity contribution in [1.29, 1.82) is 0 Å². The van der Waals surface area contributed by atoms with E-state index in [9.17, 15) is 4.39 Å². The van der Waals surface area contributed by atoms with Gasteiger partial charge in [-0.25, -0.2) is 4.39 Å². The summed E-state index contributed by atoms with van der Waals surface area (Å²) in [6.07, 6.45) is 3.57. The van der Waals surface area contributed by atoms with Crippen LogP contribution in [-0.2, 0) is 6.42 Å². The molecule has 1 saturated carbocycles. The van der Waals surface area contributed by atoms with Crippen molar-refractivity contribution in [3.05, 3.63) is 69.0 Å². The van der Waals surface area contributed by atoms with Crippen molar-refractivity contribution in [2.24, 2.45) is 0 Å². The van der Waals surface area contributed by atoms with E-state index in [4.69, 9.17) is 0 Å². The molecule has 1 aliphatic carbocycles. The zero-order chi connectivity index (χ0) is 14.7. The van der Waals surface area contributed by atoms with E-state index in [1.807, 2.05) is 12.1 Å². The predicted molar refractivity (Wildman–Crippen MR) is 93.0 cm³/mol. The lowest BCUT2D eigenvalue weighted by Gasteiger charge is -2.18. The lowest BCUT2D eigenvalue weighted by atomic mass is 9.92. The Kier molecular flexibility index (Phi) is 4.91. The molecule has 0 amide bonds. The van der Waals surface area contributed by atoms with Gasteiger partial charge in [-0.15, -0.1) is 0 Å². The highest BCUT2D eigenvalue weighted by molar-refractivity contribution is 14.1. The van der Waals surface area contributed by atoms with E-state index in [0.717, 1.165) is 13.0 Å². The zero-order valence-corrected chi connectivity index (χ0v) is 14.0. The Morgan fingerprint density at radius 1 is 1.05 bits per heavy atom. The van der Waals surface area contributed by atoms with Crippen molar-refractivity contribution in [3.8, 4) is 0 Å². The van der Waals surface area contributed by atoms with Crippen LogP contribution in [0.15, 0.2) is 48.5 Å². The Hall–Kier alpha value is -0.940. The number of hydrogen-bond donors (Lipinski definition) is 1. The molecule has 110 valence electrons. The normalized spacial score (nSPS) is 15.9. The molecular weight excluding hydrogens is 376 g/mol. The lowest BCUT2D eigenvalue weighted by Crippen LogP contribution is -2.24. The minimum Gasteiger partial charge on any atom is -0.313 e. The van der Waals surface area contributed by atoms with Gasteiger partial charge in [-0.2, -0.15) is 0 Å². The summed E-state index contributed by atoms with van der Waals surface area (Å²) in [5.74, 6) is 0.230. The van der Waals surface area contributed by atoms with Gasteiger partial charge in [0, 0.05) is 22.1 Å². The predicted octanol–water partition coefficient (Wildman–Crippen LogP) is 4.51. The minimum absolute atomic E-state index is 0.165. The Bertz CT molecular complexity index is 575. The molecule has 0 saturated heterocycles. The highest BCUT2D eigenvalue weighted by atomic mass is 127. The molecule has 1 aliphatic rings. The molecule has 1 nitrogen and oxygen atoms in total. The van der Waals surface area contributed by atoms with E-state index in [-0.39, 0.29) is 5.82 Å². The molecule has 0 aliphatic heterocycles. The lowest BCUT2D eigenvalue weighted by molar-refractivity contribution is 0.574. The number of benzene rings is 2. The molecule has 3 heteroatoms. The maximum atomic E-state index is 13.1. The number of rotatable bonds is 6. The Morgan fingerprint density at radius 2 is 1.71 bits per heavy atom. The van der Waals surface area contributed by atoms with Gasteiger partial charge in [-0.3, -0.25) is 0 Å². The van der Waals surface area contributed by atoms with E-state index < -0.39 is 0 Å². The van der Waals surface area contributed by atoms with E-state index >= 15 is 0 Å². The van der Waals surface area contributed by atoms with Crippen LogP contribution in [0.4, 0.5) is 4.39 Å². The molecule has 0 spiro atoms. The summed E-state index contributed by atoms with van der Waals surface area (Å²) in [6.45, 7) is 0.961. The molecule has 3 rings (SSSR count). The second-order valence-electron chi connectivity index (χ2n) is 5.76. The molecule has 0 aromatic heterocycles. The quantitative estimate of drug-likeness (QED) is 0.710. The molecule has 2 aromatic carbocycles. The molecule has 2 aromatic rings. The summed E-state index contributed by atoms with van der Waals surface area (Å²) in [6, 6.07) is 16.3. The second kappa shape index (κ2) is 6.88. The zero-order valence-electron chi connectivity index (χ0n) is 11.9. The molecule has 0 radical (unpaired) electrons. The van der Waals surface area contributed by atoms with Crippen molar-refractivity contribution in [3.63, 3.8) is 0 Å². The maximum absolute atomic E-state index is 13.1. The van der Waals surface area contributed by atoms with Crippen LogP contribution in [-0.4, -0.2) is 12.6 Å². The fourth-order valence-electron chi connectivity index (χ4n) is 2.54. The summed E-state index contributed by atoms with van der Waals surface area (Å²) in [5.41, 5.74) is 2.55. The van der Waals surface area contributed by atoms with E-state index in [0.29, 0.717) is 12.0 Å².